The van der Waals surface area contributed by atoms with Gasteiger partial charge in [0.1, 0.15) is 17.6 Å². The molecule has 10 heteroatoms. The van der Waals surface area contributed by atoms with Gasteiger partial charge in [-0.3, -0.25) is 14.2 Å². The fourth-order valence-electron chi connectivity index (χ4n) is 3.17. The maximum atomic E-state index is 13.4. The van der Waals surface area contributed by atoms with E-state index in [0.717, 1.165) is 4.90 Å². The van der Waals surface area contributed by atoms with Crippen LogP contribution >= 0.6 is 0 Å². The van der Waals surface area contributed by atoms with Crippen LogP contribution in [0, 0.1) is 0 Å². The number of carbonyl (C=O) groups is 1. The molecule has 3 heterocycles. The molecular weight excluding hydrogens is 341 g/mol. The number of nitrogens with zero attached hydrogens (tertiary/aromatic N) is 4. The average Bonchev–Trinajstić information content (AvgIpc) is 2.54. The van der Waals surface area contributed by atoms with Crippen molar-refractivity contribution in [3.05, 3.63) is 16.4 Å². The Bertz CT molecular complexity index is 713. The largest absolute Gasteiger partial charge is 0.408 e. The van der Waals surface area contributed by atoms with Crippen LogP contribution in [0.3, 0.4) is 0 Å². The molecule has 1 fully saturated rings. The number of Topliss-reactive ketones (excluding diaryl/α,β-unsaturated/α-hetero) is 1. The van der Waals surface area contributed by atoms with Gasteiger partial charge in [0.15, 0.2) is 0 Å². The van der Waals surface area contributed by atoms with E-state index in [-0.39, 0.29) is 18.9 Å². The molecule has 0 bridgehead atoms. The molecule has 0 unspecified atom stereocenters. The first kappa shape index (κ1) is 17.7. The lowest BCUT2D eigenvalue weighted by Crippen LogP contribution is -2.54. The highest BCUT2D eigenvalue weighted by Gasteiger charge is 2.47. The predicted octanol–water partition coefficient (Wildman–Crippen LogP) is 0.810. The Hall–Kier alpha value is -2.10. The van der Waals surface area contributed by atoms with Crippen LogP contribution in [0.1, 0.15) is 13.3 Å². The molecule has 1 aromatic rings. The monoisotopic (exact) mass is 360 g/mol. The van der Waals surface area contributed by atoms with Gasteiger partial charge >= 0.3 is 6.18 Å². The van der Waals surface area contributed by atoms with Gasteiger partial charge in [-0.2, -0.15) is 18.2 Å². The van der Waals surface area contributed by atoms with Crippen LogP contribution in [0.2, 0.25) is 0 Å². The molecule has 0 amide bonds. The minimum atomic E-state index is -4.51. The lowest BCUT2D eigenvalue weighted by Gasteiger charge is -2.39. The second kappa shape index (κ2) is 6.66. The normalized spacial score (nSPS) is 21.2. The molecule has 1 saturated heterocycles. The van der Waals surface area contributed by atoms with Gasteiger partial charge in [0, 0.05) is 25.7 Å². The van der Waals surface area contributed by atoms with Gasteiger partial charge in [-0.15, -0.1) is 0 Å². The lowest BCUT2D eigenvalue weighted by atomic mass is 10.1. The summed E-state index contributed by atoms with van der Waals surface area (Å²) in [6.45, 7) is 2.63. The molecule has 3 rings (SSSR count). The summed E-state index contributed by atoms with van der Waals surface area (Å²) in [4.78, 5) is 30.9. The fourth-order valence-corrected chi connectivity index (χ4v) is 3.17. The number of rotatable bonds is 3. The molecule has 25 heavy (non-hydrogen) atoms. The smallest absolute Gasteiger partial charge is 0.378 e. The highest BCUT2D eigenvalue weighted by Crippen LogP contribution is 2.34. The van der Waals surface area contributed by atoms with Gasteiger partial charge < -0.3 is 14.5 Å². The van der Waals surface area contributed by atoms with Crippen LogP contribution in [0.25, 0.3) is 0 Å². The van der Waals surface area contributed by atoms with E-state index in [9.17, 15) is 22.8 Å². The third kappa shape index (κ3) is 3.63. The first-order valence-corrected chi connectivity index (χ1v) is 8.05. The summed E-state index contributed by atoms with van der Waals surface area (Å²) < 4.78 is 46.6. The molecule has 0 aliphatic carbocycles. The number of alkyl halides is 3. The van der Waals surface area contributed by atoms with Crippen LogP contribution in [0.5, 0.6) is 0 Å². The number of anilines is 2. The number of ether oxygens (including phenoxy) is 1. The summed E-state index contributed by atoms with van der Waals surface area (Å²) in [7, 11) is 0. The van der Waals surface area contributed by atoms with E-state index in [1.54, 1.807) is 4.90 Å². The fraction of sp³-hybridized carbons (Fsp3) is 0.667. The summed E-state index contributed by atoms with van der Waals surface area (Å²) >= 11 is 0. The molecule has 2 aliphatic rings. The van der Waals surface area contributed by atoms with E-state index >= 15 is 0 Å². The zero-order valence-electron chi connectivity index (χ0n) is 13.8. The van der Waals surface area contributed by atoms with E-state index in [2.05, 4.69) is 4.98 Å². The molecular formula is C15H19F3N4O3. The Morgan fingerprint density at radius 3 is 2.60 bits per heavy atom. The maximum Gasteiger partial charge on any atom is 0.408 e. The minimum absolute atomic E-state index is 0.0802. The molecule has 0 aromatic carbocycles. The molecule has 1 aromatic heterocycles. The Balaban J connectivity index is 2.05. The molecule has 0 radical (unpaired) electrons. The average molecular weight is 360 g/mol. The maximum absolute atomic E-state index is 13.4. The van der Waals surface area contributed by atoms with Gasteiger partial charge in [0.2, 0.25) is 5.95 Å². The van der Waals surface area contributed by atoms with Crippen molar-refractivity contribution in [1.82, 2.24) is 9.55 Å². The van der Waals surface area contributed by atoms with Crippen molar-refractivity contribution < 1.29 is 22.7 Å². The SMILES string of the molecule is CC(=O)CN1c2nc(N3CCOCC3)cc(=O)n2CC[C@H]1C(F)(F)F. The molecule has 0 spiro atoms. The van der Waals surface area contributed by atoms with Crippen LogP contribution in [-0.2, 0) is 16.1 Å². The van der Waals surface area contributed by atoms with Crippen molar-refractivity contribution in [2.45, 2.75) is 32.1 Å². The molecule has 2 aliphatic heterocycles. The van der Waals surface area contributed by atoms with E-state index in [4.69, 9.17) is 4.74 Å². The Labute approximate surface area is 142 Å². The van der Waals surface area contributed by atoms with Crippen LogP contribution in [0.4, 0.5) is 24.9 Å². The van der Waals surface area contributed by atoms with Crippen molar-refractivity contribution in [2.75, 3.05) is 42.6 Å². The summed E-state index contributed by atoms with van der Waals surface area (Å²) in [5.74, 6) is -0.206. The number of hydrogen-bond acceptors (Lipinski definition) is 6. The Morgan fingerprint density at radius 1 is 1.32 bits per heavy atom. The first-order chi connectivity index (χ1) is 11.8. The predicted molar refractivity (Wildman–Crippen MR) is 84.0 cm³/mol. The number of carbonyl (C=O) groups excluding carboxylic acids is 1. The zero-order chi connectivity index (χ0) is 18.2. The lowest BCUT2D eigenvalue weighted by molar-refractivity contribution is -0.153. The number of morpholine rings is 1. The van der Waals surface area contributed by atoms with Gasteiger partial charge in [0.05, 0.1) is 19.8 Å². The standard InChI is InChI=1S/C15H19F3N4O3/c1-10(23)9-22-11(15(16,17)18)2-3-21-13(24)8-12(19-14(21)22)20-4-6-25-7-5-20/h8,11H,2-7,9H2,1H3/t11-/m0/s1. The van der Waals surface area contributed by atoms with Crippen molar-refractivity contribution in [1.29, 1.82) is 0 Å². The molecule has 138 valence electrons. The number of fused-ring (bicyclic) bond motifs is 1. The summed E-state index contributed by atoms with van der Waals surface area (Å²) in [6, 6.07) is -0.502. The van der Waals surface area contributed by atoms with Crippen LogP contribution < -0.4 is 15.4 Å². The third-order valence-corrected chi connectivity index (χ3v) is 4.34. The third-order valence-electron chi connectivity index (χ3n) is 4.34. The van der Waals surface area contributed by atoms with E-state index < -0.39 is 30.1 Å². The van der Waals surface area contributed by atoms with E-state index in [1.165, 1.54) is 17.6 Å². The van der Waals surface area contributed by atoms with Crippen molar-refractivity contribution in [3.8, 4) is 0 Å². The summed E-state index contributed by atoms with van der Waals surface area (Å²) in [5.41, 5.74) is -0.416. The zero-order valence-corrected chi connectivity index (χ0v) is 13.8. The minimum Gasteiger partial charge on any atom is -0.378 e. The van der Waals surface area contributed by atoms with Gasteiger partial charge in [0.25, 0.3) is 5.56 Å². The second-order valence-electron chi connectivity index (χ2n) is 6.18. The first-order valence-electron chi connectivity index (χ1n) is 8.05. The summed E-state index contributed by atoms with van der Waals surface area (Å²) in [5, 5.41) is 0. The number of halogens is 3. The van der Waals surface area contributed by atoms with Crippen LogP contribution in [0.15, 0.2) is 10.9 Å². The molecule has 1 atom stereocenters. The van der Waals surface area contributed by atoms with E-state index in [1.807, 2.05) is 0 Å². The molecule has 7 nitrogen and oxygen atoms in total. The molecule has 0 N–H and O–H groups in total. The van der Waals surface area contributed by atoms with Gasteiger partial charge in [-0.25, -0.2) is 0 Å². The number of aromatic nitrogens is 2. The molecule has 0 saturated carbocycles. The van der Waals surface area contributed by atoms with Gasteiger partial charge in [-0.1, -0.05) is 0 Å². The topological polar surface area (TPSA) is 67.7 Å². The van der Waals surface area contributed by atoms with Crippen molar-refractivity contribution in [2.24, 2.45) is 0 Å². The quantitative estimate of drug-likeness (QED) is 0.795. The van der Waals surface area contributed by atoms with E-state index in [0.29, 0.717) is 32.1 Å². The highest BCUT2D eigenvalue weighted by molar-refractivity contribution is 5.80. The Kier molecular flexibility index (Phi) is 4.72. The second-order valence-corrected chi connectivity index (χ2v) is 6.18. The van der Waals surface area contributed by atoms with Gasteiger partial charge in [-0.05, 0) is 13.3 Å². The van der Waals surface area contributed by atoms with Crippen molar-refractivity contribution in [3.63, 3.8) is 0 Å². The number of hydrogen-bond donors (Lipinski definition) is 0. The highest BCUT2D eigenvalue weighted by atomic mass is 19.4. The summed E-state index contributed by atoms with van der Waals surface area (Å²) in [6.07, 6.45) is -4.80. The van der Waals surface area contributed by atoms with Crippen LogP contribution in [-0.4, -0.2) is 60.4 Å². The Morgan fingerprint density at radius 2 is 2.00 bits per heavy atom. The van der Waals surface area contributed by atoms with Crippen molar-refractivity contribution >= 4 is 17.5 Å². The number of ketones is 1.